The van der Waals surface area contributed by atoms with E-state index in [1.165, 1.54) is 0 Å². The largest absolute Gasteiger partial charge is 0.489 e. The first kappa shape index (κ1) is 25.7. The van der Waals surface area contributed by atoms with Gasteiger partial charge < -0.3 is 14.8 Å². The summed E-state index contributed by atoms with van der Waals surface area (Å²) in [4.78, 5) is 16.2. The summed E-state index contributed by atoms with van der Waals surface area (Å²) in [5.41, 5.74) is 4.08. The summed E-state index contributed by atoms with van der Waals surface area (Å²) in [6.07, 6.45) is 0.284. The number of nitrogens with one attached hydrogen (secondary N) is 1. The first-order valence-electron chi connectivity index (χ1n) is 13.2. The van der Waals surface area contributed by atoms with Gasteiger partial charge in [-0.1, -0.05) is 97.1 Å². The molecule has 1 fully saturated rings. The molecule has 1 unspecified atom stereocenters. The fourth-order valence-corrected chi connectivity index (χ4v) is 4.84. The van der Waals surface area contributed by atoms with Crippen molar-refractivity contribution in [3.8, 4) is 11.5 Å². The molecule has 4 aromatic carbocycles. The maximum atomic E-state index is 13.9. The van der Waals surface area contributed by atoms with Crippen molar-refractivity contribution < 1.29 is 14.3 Å². The number of Topliss-reactive ketones (excluding diaryl/α,β-unsaturated/α-hetero) is 1. The monoisotopic (exact) mass is 506 g/mol. The summed E-state index contributed by atoms with van der Waals surface area (Å²) in [7, 11) is 0. The van der Waals surface area contributed by atoms with Gasteiger partial charge in [0.1, 0.15) is 24.7 Å². The van der Waals surface area contributed by atoms with E-state index in [1.54, 1.807) is 0 Å². The lowest BCUT2D eigenvalue weighted by Crippen LogP contribution is -2.47. The Bertz CT molecular complexity index is 1290. The molecule has 1 atom stereocenters. The number of rotatable bonds is 11. The Kier molecular flexibility index (Phi) is 8.82. The lowest BCUT2D eigenvalue weighted by molar-refractivity contribution is -0.124. The Hall–Kier alpha value is -3.93. The zero-order valence-electron chi connectivity index (χ0n) is 21.6. The van der Waals surface area contributed by atoms with Crippen molar-refractivity contribution in [2.45, 2.75) is 25.7 Å². The molecule has 5 heteroatoms. The SMILES string of the molecule is O=C(Cc1ccc(OCc2ccccc2)cc1OCc1ccccc1)C(c1ccccc1)N1CCNCC1. The molecule has 1 N–H and O–H groups in total. The highest BCUT2D eigenvalue weighted by Gasteiger charge is 2.29. The highest BCUT2D eigenvalue weighted by Crippen LogP contribution is 2.30. The average molecular weight is 507 g/mol. The van der Waals surface area contributed by atoms with Crippen LogP contribution in [-0.2, 0) is 24.4 Å². The van der Waals surface area contributed by atoms with E-state index in [0.717, 1.165) is 54.2 Å². The van der Waals surface area contributed by atoms with Gasteiger partial charge in [0.05, 0.1) is 6.04 Å². The topological polar surface area (TPSA) is 50.8 Å². The lowest BCUT2D eigenvalue weighted by atomic mass is 9.95. The van der Waals surface area contributed by atoms with Gasteiger partial charge >= 0.3 is 0 Å². The fourth-order valence-electron chi connectivity index (χ4n) is 4.84. The van der Waals surface area contributed by atoms with Crippen LogP contribution in [0.5, 0.6) is 11.5 Å². The number of ketones is 1. The van der Waals surface area contributed by atoms with Crippen molar-refractivity contribution >= 4 is 5.78 Å². The van der Waals surface area contributed by atoms with Crippen LogP contribution in [0.3, 0.4) is 0 Å². The number of nitrogens with zero attached hydrogens (tertiary/aromatic N) is 1. The van der Waals surface area contributed by atoms with Gasteiger partial charge in [0.25, 0.3) is 0 Å². The van der Waals surface area contributed by atoms with Crippen LogP contribution >= 0.6 is 0 Å². The minimum Gasteiger partial charge on any atom is -0.489 e. The van der Waals surface area contributed by atoms with Gasteiger partial charge in [-0.25, -0.2) is 0 Å². The summed E-state index contributed by atoms with van der Waals surface area (Å²) >= 11 is 0. The van der Waals surface area contributed by atoms with Gasteiger partial charge in [-0.2, -0.15) is 0 Å². The molecule has 0 aliphatic carbocycles. The van der Waals surface area contributed by atoms with Crippen LogP contribution in [0.15, 0.2) is 109 Å². The highest BCUT2D eigenvalue weighted by molar-refractivity contribution is 5.88. The van der Waals surface area contributed by atoms with Crippen molar-refractivity contribution in [3.63, 3.8) is 0 Å². The Morgan fingerprint density at radius 1 is 0.737 bits per heavy atom. The second kappa shape index (κ2) is 13.0. The molecule has 1 heterocycles. The Morgan fingerprint density at radius 3 is 1.95 bits per heavy atom. The first-order valence-corrected chi connectivity index (χ1v) is 13.2. The molecule has 1 aliphatic rings. The number of hydrogen-bond donors (Lipinski definition) is 1. The van der Waals surface area contributed by atoms with E-state index >= 15 is 0 Å². The van der Waals surface area contributed by atoms with Gasteiger partial charge in [-0.05, 0) is 22.8 Å². The zero-order valence-corrected chi connectivity index (χ0v) is 21.6. The normalized spacial score (nSPS) is 14.5. The maximum absolute atomic E-state index is 13.9. The third kappa shape index (κ3) is 6.88. The van der Waals surface area contributed by atoms with Gasteiger partial charge in [0, 0.05) is 44.2 Å². The standard InChI is InChI=1S/C33H34N2O3/c36-31(33(28-14-8-3-9-15-28)35-20-18-34-19-21-35)22-29-16-17-30(37-24-26-10-4-1-5-11-26)23-32(29)38-25-27-12-6-2-7-13-27/h1-17,23,33-34H,18-22,24-25H2. The molecule has 5 rings (SSSR count). The Balaban J connectivity index is 1.38. The van der Waals surface area contributed by atoms with Gasteiger partial charge in [-0.3, -0.25) is 9.69 Å². The van der Waals surface area contributed by atoms with E-state index in [-0.39, 0.29) is 18.2 Å². The van der Waals surface area contributed by atoms with E-state index in [0.29, 0.717) is 19.0 Å². The Labute approximate surface area is 225 Å². The quantitative estimate of drug-likeness (QED) is 0.287. The third-order valence-electron chi connectivity index (χ3n) is 6.83. The molecule has 0 amide bonds. The van der Waals surface area contributed by atoms with Crippen LogP contribution in [0.1, 0.15) is 28.3 Å². The molecule has 1 saturated heterocycles. The van der Waals surface area contributed by atoms with Crippen LogP contribution in [0.2, 0.25) is 0 Å². The number of carbonyl (C=O) groups is 1. The van der Waals surface area contributed by atoms with Gasteiger partial charge in [-0.15, -0.1) is 0 Å². The molecule has 0 aromatic heterocycles. The van der Waals surface area contributed by atoms with Gasteiger partial charge in [0.15, 0.2) is 5.78 Å². The summed E-state index contributed by atoms with van der Waals surface area (Å²) in [6, 6.07) is 35.8. The molecule has 0 bridgehead atoms. The predicted octanol–water partition coefficient (Wildman–Crippen LogP) is 5.60. The van der Waals surface area contributed by atoms with Crippen molar-refractivity contribution in [3.05, 3.63) is 131 Å². The van der Waals surface area contributed by atoms with Crippen LogP contribution in [0.4, 0.5) is 0 Å². The minimum atomic E-state index is -0.283. The van der Waals surface area contributed by atoms with Gasteiger partial charge in [0.2, 0.25) is 0 Å². The fraction of sp³-hybridized carbons (Fsp3) is 0.242. The van der Waals surface area contributed by atoms with Crippen LogP contribution in [-0.4, -0.2) is 36.9 Å². The van der Waals surface area contributed by atoms with Crippen LogP contribution in [0.25, 0.3) is 0 Å². The molecule has 0 spiro atoms. The lowest BCUT2D eigenvalue weighted by Gasteiger charge is -2.34. The summed E-state index contributed by atoms with van der Waals surface area (Å²) < 4.78 is 12.4. The molecule has 0 saturated carbocycles. The second-order valence-corrected chi connectivity index (χ2v) is 9.56. The number of benzene rings is 4. The Morgan fingerprint density at radius 2 is 1.32 bits per heavy atom. The number of ether oxygens (including phenoxy) is 2. The number of carbonyl (C=O) groups excluding carboxylic acids is 1. The smallest absolute Gasteiger partial charge is 0.158 e. The van der Waals surface area contributed by atoms with Crippen LogP contribution in [0, 0.1) is 0 Å². The van der Waals surface area contributed by atoms with Crippen molar-refractivity contribution in [1.82, 2.24) is 10.2 Å². The van der Waals surface area contributed by atoms with E-state index in [2.05, 4.69) is 22.3 Å². The molecule has 4 aromatic rings. The minimum absolute atomic E-state index is 0.167. The second-order valence-electron chi connectivity index (χ2n) is 9.56. The number of hydrogen-bond acceptors (Lipinski definition) is 5. The zero-order chi connectivity index (χ0) is 26.0. The van der Waals surface area contributed by atoms with E-state index in [9.17, 15) is 4.79 Å². The summed E-state index contributed by atoms with van der Waals surface area (Å²) in [6.45, 7) is 4.34. The summed E-state index contributed by atoms with van der Waals surface area (Å²) in [5.74, 6) is 1.57. The molecule has 5 nitrogen and oxygen atoms in total. The predicted molar refractivity (Wildman–Crippen MR) is 150 cm³/mol. The first-order chi connectivity index (χ1) is 18.8. The van der Waals surface area contributed by atoms with Crippen LogP contribution < -0.4 is 14.8 Å². The third-order valence-corrected chi connectivity index (χ3v) is 6.83. The molecule has 38 heavy (non-hydrogen) atoms. The molecular formula is C33H34N2O3. The molecule has 194 valence electrons. The van der Waals surface area contributed by atoms with Crippen molar-refractivity contribution in [2.24, 2.45) is 0 Å². The molecule has 1 aliphatic heterocycles. The highest BCUT2D eigenvalue weighted by atomic mass is 16.5. The van der Waals surface area contributed by atoms with E-state index in [4.69, 9.17) is 9.47 Å². The van der Waals surface area contributed by atoms with Crippen molar-refractivity contribution in [2.75, 3.05) is 26.2 Å². The summed E-state index contributed by atoms with van der Waals surface area (Å²) in [5, 5.41) is 3.39. The average Bonchev–Trinajstić information content (AvgIpc) is 2.98. The van der Waals surface area contributed by atoms with E-state index < -0.39 is 0 Å². The molecule has 0 radical (unpaired) electrons. The molecular weight excluding hydrogens is 472 g/mol. The van der Waals surface area contributed by atoms with E-state index in [1.807, 2.05) is 97.1 Å². The maximum Gasteiger partial charge on any atom is 0.158 e. The van der Waals surface area contributed by atoms with Crippen molar-refractivity contribution in [1.29, 1.82) is 0 Å². The number of piperazine rings is 1.